The second kappa shape index (κ2) is 1.70. The number of nitrogens with one attached hydrogen (secondary N) is 1. The summed E-state index contributed by atoms with van der Waals surface area (Å²) in [6, 6.07) is 1.74. The Kier molecular flexibility index (Phi) is 0.887. The molecule has 0 aliphatic carbocycles. The molecule has 0 saturated carbocycles. The third-order valence-corrected chi connectivity index (χ3v) is 1.37. The Morgan fingerprint density at radius 2 is 2.60 bits per heavy atom. The fraction of sp³-hybridized carbons (Fsp3) is 0. The predicted octanol–water partition coefficient (Wildman–Crippen LogP) is 0.475. The van der Waals surface area contributed by atoms with Gasteiger partial charge in [0.2, 0.25) is 0 Å². The first kappa shape index (κ1) is 5.22. The van der Waals surface area contributed by atoms with Crippen molar-refractivity contribution in [2.75, 3.05) is 0 Å². The van der Waals surface area contributed by atoms with Crippen LogP contribution in [0.2, 0.25) is 0 Å². The standard InChI is InChI=1S/C6H5N3O/c10-3-5-1-6-8-7-4-9(6)2-5/h1-4,8H. The molecule has 2 aromatic heterocycles. The van der Waals surface area contributed by atoms with Crippen molar-refractivity contribution in [3.05, 3.63) is 24.2 Å². The number of hydrogen-bond donors (Lipinski definition) is 1. The summed E-state index contributed by atoms with van der Waals surface area (Å²) in [5.74, 6) is 0. The normalized spacial score (nSPS) is 10.4. The van der Waals surface area contributed by atoms with E-state index in [9.17, 15) is 4.79 Å². The van der Waals surface area contributed by atoms with Gasteiger partial charge in [-0.25, -0.2) is 0 Å². The molecule has 0 aliphatic heterocycles. The average Bonchev–Trinajstić information content (AvgIpc) is 2.42. The lowest BCUT2D eigenvalue weighted by Gasteiger charge is -1.72. The maximum Gasteiger partial charge on any atom is 0.151 e. The maximum absolute atomic E-state index is 10.2. The number of aldehydes is 1. The van der Waals surface area contributed by atoms with E-state index in [1.54, 1.807) is 23.0 Å². The van der Waals surface area contributed by atoms with Crippen molar-refractivity contribution in [3.63, 3.8) is 0 Å². The lowest BCUT2D eigenvalue weighted by Crippen LogP contribution is -1.72. The summed E-state index contributed by atoms with van der Waals surface area (Å²) >= 11 is 0. The van der Waals surface area contributed by atoms with Gasteiger partial charge in [-0.1, -0.05) is 0 Å². The van der Waals surface area contributed by atoms with E-state index >= 15 is 0 Å². The van der Waals surface area contributed by atoms with Crippen LogP contribution in [0.4, 0.5) is 0 Å². The average molecular weight is 135 g/mol. The molecule has 0 aliphatic rings. The first-order chi connectivity index (χ1) is 4.90. The number of hydrogen-bond acceptors (Lipinski definition) is 2. The van der Waals surface area contributed by atoms with Crippen LogP contribution in [0.3, 0.4) is 0 Å². The minimum Gasteiger partial charge on any atom is -0.298 e. The fourth-order valence-corrected chi connectivity index (χ4v) is 0.907. The Morgan fingerprint density at radius 3 is 3.30 bits per heavy atom. The SMILES string of the molecule is O=Cc1cc2[nH]ncn2c1. The molecule has 0 saturated heterocycles. The van der Waals surface area contributed by atoms with Crippen LogP contribution in [0.1, 0.15) is 10.4 Å². The van der Waals surface area contributed by atoms with Gasteiger partial charge in [-0.3, -0.25) is 14.3 Å². The molecule has 50 valence electrons. The van der Waals surface area contributed by atoms with Crippen LogP contribution < -0.4 is 0 Å². The van der Waals surface area contributed by atoms with Crippen molar-refractivity contribution in [2.24, 2.45) is 0 Å². The largest absolute Gasteiger partial charge is 0.298 e. The molecular formula is C6H5N3O. The molecule has 1 N–H and O–H groups in total. The first-order valence-corrected chi connectivity index (χ1v) is 2.86. The first-order valence-electron chi connectivity index (χ1n) is 2.86. The third-order valence-electron chi connectivity index (χ3n) is 1.37. The molecule has 4 heteroatoms. The number of aromatic amines is 1. The van der Waals surface area contributed by atoms with E-state index in [0.29, 0.717) is 5.56 Å². The Hall–Kier alpha value is -1.58. The monoisotopic (exact) mass is 135 g/mol. The molecular weight excluding hydrogens is 130 g/mol. The van der Waals surface area contributed by atoms with Gasteiger partial charge in [0.15, 0.2) is 6.29 Å². The fourth-order valence-electron chi connectivity index (χ4n) is 0.907. The highest BCUT2D eigenvalue weighted by atomic mass is 16.1. The summed E-state index contributed by atoms with van der Waals surface area (Å²) in [7, 11) is 0. The van der Waals surface area contributed by atoms with Crippen molar-refractivity contribution in [1.29, 1.82) is 0 Å². The van der Waals surface area contributed by atoms with E-state index in [4.69, 9.17) is 0 Å². The Labute approximate surface area is 56.5 Å². The Bertz CT molecular complexity index is 331. The second-order valence-electron chi connectivity index (χ2n) is 2.04. The van der Waals surface area contributed by atoms with Gasteiger partial charge < -0.3 is 0 Å². The highest BCUT2D eigenvalue weighted by molar-refractivity contribution is 5.77. The number of nitrogens with zero attached hydrogens (tertiary/aromatic N) is 2. The molecule has 0 bridgehead atoms. The summed E-state index contributed by atoms with van der Waals surface area (Å²) in [6.07, 6.45) is 4.13. The van der Waals surface area contributed by atoms with Gasteiger partial charge in [-0.15, -0.1) is 0 Å². The number of aromatic nitrogens is 3. The summed E-state index contributed by atoms with van der Waals surface area (Å²) in [5.41, 5.74) is 1.50. The third kappa shape index (κ3) is 0.556. The van der Waals surface area contributed by atoms with Gasteiger partial charge in [-0.05, 0) is 6.07 Å². The second-order valence-corrected chi connectivity index (χ2v) is 2.04. The van der Waals surface area contributed by atoms with Crippen molar-refractivity contribution < 1.29 is 4.79 Å². The van der Waals surface area contributed by atoms with E-state index in [2.05, 4.69) is 10.2 Å². The smallest absolute Gasteiger partial charge is 0.151 e. The summed E-state index contributed by atoms with van der Waals surface area (Å²) in [4.78, 5) is 10.2. The maximum atomic E-state index is 10.2. The lowest BCUT2D eigenvalue weighted by molar-refractivity contribution is 0.112. The highest BCUT2D eigenvalue weighted by Gasteiger charge is 1.96. The molecule has 0 atom stereocenters. The van der Waals surface area contributed by atoms with E-state index < -0.39 is 0 Å². The van der Waals surface area contributed by atoms with E-state index in [1.807, 2.05) is 0 Å². The van der Waals surface area contributed by atoms with Crippen LogP contribution in [0.15, 0.2) is 18.6 Å². The molecule has 0 fully saturated rings. The van der Waals surface area contributed by atoms with E-state index in [0.717, 1.165) is 11.9 Å². The molecule has 2 rings (SSSR count). The Balaban J connectivity index is 2.78. The van der Waals surface area contributed by atoms with Crippen molar-refractivity contribution in [3.8, 4) is 0 Å². The lowest BCUT2D eigenvalue weighted by atomic mass is 10.4. The molecule has 0 aromatic carbocycles. The van der Waals surface area contributed by atoms with Crippen molar-refractivity contribution >= 4 is 11.9 Å². The minimum atomic E-state index is 0.661. The molecule has 0 radical (unpaired) electrons. The zero-order valence-electron chi connectivity index (χ0n) is 5.11. The predicted molar refractivity (Wildman–Crippen MR) is 34.9 cm³/mol. The van der Waals surface area contributed by atoms with Crippen LogP contribution >= 0.6 is 0 Å². The summed E-state index contributed by atoms with van der Waals surface area (Å²) in [5, 5.41) is 6.49. The van der Waals surface area contributed by atoms with Crippen LogP contribution in [0.5, 0.6) is 0 Å². The number of carbonyl (C=O) groups is 1. The molecule has 0 unspecified atom stereocenters. The van der Waals surface area contributed by atoms with E-state index in [1.165, 1.54) is 0 Å². The van der Waals surface area contributed by atoms with Crippen LogP contribution in [-0.4, -0.2) is 20.9 Å². The van der Waals surface area contributed by atoms with Gasteiger partial charge in [0, 0.05) is 11.8 Å². The molecule has 4 nitrogen and oxygen atoms in total. The molecule has 2 heterocycles. The quantitative estimate of drug-likeness (QED) is 0.578. The number of rotatable bonds is 1. The summed E-state index contributed by atoms with van der Waals surface area (Å²) < 4.78 is 1.75. The van der Waals surface area contributed by atoms with E-state index in [-0.39, 0.29) is 0 Å². The molecule has 2 aromatic rings. The van der Waals surface area contributed by atoms with Gasteiger partial charge >= 0.3 is 0 Å². The van der Waals surface area contributed by atoms with Crippen molar-refractivity contribution in [2.45, 2.75) is 0 Å². The van der Waals surface area contributed by atoms with Crippen LogP contribution in [-0.2, 0) is 0 Å². The number of H-pyrrole nitrogens is 1. The minimum absolute atomic E-state index is 0.661. The van der Waals surface area contributed by atoms with Crippen LogP contribution in [0, 0.1) is 0 Å². The summed E-state index contributed by atoms with van der Waals surface area (Å²) in [6.45, 7) is 0. The molecule has 0 amide bonds. The molecule has 0 spiro atoms. The zero-order valence-corrected chi connectivity index (χ0v) is 5.11. The van der Waals surface area contributed by atoms with Gasteiger partial charge in [0.05, 0.1) is 0 Å². The van der Waals surface area contributed by atoms with Gasteiger partial charge in [-0.2, -0.15) is 5.10 Å². The number of carbonyl (C=O) groups excluding carboxylic acids is 1. The topological polar surface area (TPSA) is 50.2 Å². The van der Waals surface area contributed by atoms with Crippen molar-refractivity contribution in [1.82, 2.24) is 14.6 Å². The highest BCUT2D eigenvalue weighted by Crippen LogP contribution is 2.02. The van der Waals surface area contributed by atoms with Crippen LogP contribution in [0.25, 0.3) is 5.65 Å². The molecule has 10 heavy (non-hydrogen) atoms. The van der Waals surface area contributed by atoms with Gasteiger partial charge in [0.1, 0.15) is 12.0 Å². The number of fused-ring (bicyclic) bond motifs is 1. The van der Waals surface area contributed by atoms with Gasteiger partial charge in [0.25, 0.3) is 0 Å². The zero-order chi connectivity index (χ0) is 6.97. The Morgan fingerprint density at radius 1 is 1.70 bits per heavy atom.